The minimum absolute atomic E-state index is 0.0263. The number of esters is 1. The zero-order valence-electron chi connectivity index (χ0n) is 19.8. The Bertz CT molecular complexity index is 1580. The highest BCUT2D eigenvalue weighted by molar-refractivity contribution is 9.10. The van der Waals surface area contributed by atoms with E-state index in [4.69, 9.17) is 9.47 Å². The maximum Gasteiger partial charge on any atom is 0.344 e. The molecule has 4 rings (SSSR count). The van der Waals surface area contributed by atoms with Crippen LogP contribution < -0.4 is 14.9 Å². The number of hydrogen-bond acceptors (Lipinski definition) is 9. The highest BCUT2D eigenvalue weighted by Gasteiger charge is 2.20. The van der Waals surface area contributed by atoms with Crippen LogP contribution in [0.1, 0.15) is 22.8 Å². The van der Waals surface area contributed by atoms with E-state index in [0.717, 1.165) is 22.9 Å². The molecule has 4 aromatic rings. The summed E-state index contributed by atoms with van der Waals surface area (Å²) in [4.78, 5) is 33.8. The van der Waals surface area contributed by atoms with Gasteiger partial charge in [0.25, 0.3) is 5.69 Å². The summed E-state index contributed by atoms with van der Waals surface area (Å²) in [5, 5.41) is 27.9. The van der Waals surface area contributed by atoms with Crippen molar-refractivity contribution in [2.24, 2.45) is 5.10 Å². The maximum atomic E-state index is 13.1. The fourth-order valence-corrected chi connectivity index (χ4v) is 4.17. The number of nitro groups is 2. The second-order valence-electron chi connectivity index (χ2n) is 7.76. The van der Waals surface area contributed by atoms with Crippen molar-refractivity contribution in [2.45, 2.75) is 6.92 Å². The van der Waals surface area contributed by atoms with E-state index in [1.165, 1.54) is 12.3 Å². The molecule has 192 valence electrons. The van der Waals surface area contributed by atoms with Crippen LogP contribution in [0.2, 0.25) is 0 Å². The molecule has 0 amide bonds. The Morgan fingerprint density at radius 2 is 1.79 bits per heavy atom. The van der Waals surface area contributed by atoms with Crippen molar-refractivity contribution in [1.29, 1.82) is 0 Å². The van der Waals surface area contributed by atoms with Crippen LogP contribution in [0.15, 0.2) is 82.4 Å². The Kier molecular flexibility index (Phi) is 7.92. The Labute approximate surface area is 224 Å². The third-order valence-electron chi connectivity index (χ3n) is 5.32. The third kappa shape index (κ3) is 5.76. The van der Waals surface area contributed by atoms with Crippen LogP contribution in [0.3, 0.4) is 0 Å². The van der Waals surface area contributed by atoms with E-state index in [1.54, 1.807) is 31.2 Å². The van der Waals surface area contributed by atoms with E-state index < -0.39 is 27.2 Å². The number of hydrogen-bond donors (Lipinski definition) is 1. The van der Waals surface area contributed by atoms with Gasteiger partial charge >= 0.3 is 11.7 Å². The summed E-state index contributed by atoms with van der Waals surface area (Å²) in [7, 11) is 0. The molecular formula is C26H19BrN4O7. The van der Waals surface area contributed by atoms with Gasteiger partial charge in [0.2, 0.25) is 0 Å². The summed E-state index contributed by atoms with van der Waals surface area (Å²) in [6, 6.07) is 19.2. The first-order valence-electron chi connectivity index (χ1n) is 11.2. The number of hydrazone groups is 1. The van der Waals surface area contributed by atoms with Crippen LogP contribution in [-0.2, 0) is 0 Å². The Balaban J connectivity index is 1.59. The lowest BCUT2D eigenvalue weighted by molar-refractivity contribution is -0.393. The molecule has 1 N–H and O–H groups in total. The quantitative estimate of drug-likeness (QED) is 0.0779. The summed E-state index contributed by atoms with van der Waals surface area (Å²) in [6.45, 7) is 2.07. The third-order valence-corrected chi connectivity index (χ3v) is 5.91. The van der Waals surface area contributed by atoms with Crippen LogP contribution >= 0.6 is 15.9 Å². The normalized spacial score (nSPS) is 10.9. The summed E-state index contributed by atoms with van der Waals surface area (Å²) < 4.78 is 11.8. The van der Waals surface area contributed by atoms with Crippen molar-refractivity contribution in [1.82, 2.24) is 0 Å². The molecule has 0 atom stereocenters. The molecule has 0 unspecified atom stereocenters. The van der Waals surface area contributed by atoms with E-state index >= 15 is 0 Å². The number of halogens is 1. The van der Waals surface area contributed by atoms with E-state index in [1.807, 2.05) is 30.3 Å². The van der Waals surface area contributed by atoms with Gasteiger partial charge in [0.15, 0.2) is 11.5 Å². The molecule has 12 heteroatoms. The lowest BCUT2D eigenvalue weighted by Gasteiger charge is -2.14. The molecule has 11 nitrogen and oxygen atoms in total. The van der Waals surface area contributed by atoms with Gasteiger partial charge in [-0.05, 0) is 63.5 Å². The van der Waals surface area contributed by atoms with Crippen LogP contribution in [0.4, 0.5) is 17.1 Å². The van der Waals surface area contributed by atoms with Crippen LogP contribution in [-0.4, -0.2) is 28.6 Å². The maximum absolute atomic E-state index is 13.1. The second kappa shape index (κ2) is 11.5. The van der Waals surface area contributed by atoms with Crippen molar-refractivity contribution in [2.75, 3.05) is 12.0 Å². The predicted molar refractivity (Wildman–Crippen MR) is 145 cm³/mol. The number of anilines is 1. The van der Waals surface area contributed by atoms with Gasteiger partial charge in [0.05, 0.1) is 38.8 Å². The molecule has 0 aliphatic rings. The van der Waals surface area contributed by atoms with Gasteiger partial charge in [0, 0.05) is 6.07 Å². The highest BCUT2D eigenvalue weighted by Crippen LogP contribution is 2.37. The molecule has 0 bridgehead atoms. The number of non-ortho nitro benzene ring substituents is 1. The van der Waals surface area contributed by atoms with Crippen molar-refractivity contribution >= 4 is 55.9 Å². The molecule has 0 aliphatic carbocycles. The van der Waals surface area contributed by atoms with Crippen molar-refractivity contribution in [3.63, 3.8) is 0 Å². The first-order valence-corrected chi connectivity index (χ1v) is 12.0. The second-order valence-corrected chi connectivity index (χ2v) is 8.62. The van der Waals surface area contributed by atoms with Gasteiger partial charge in [-0.15, -0.1) is 0 Å². The SMILES string of the molecule is CCOc1cc(/C=N\Nc2ccc([N+](=O)[O-])cc2[N+](=O)[O-])cc(Br)c1OC(=O)c1cccc2ccccc12. The molecular weight excluding hydrogens is 560 g/mol. The smallest absolute Gasteiger partial charge is 0.344 e. The number of nitrogens with one attached hydrogen (secondary N) is 1. The molecule has 0 radical (unpaired) electrons. The minimum atomic E-state index is -0.742. The zero-order chi connectivity index (χ0) is 27.2. The fraction of sp³-hybridized carbons (Fsp3) is 0.0769. The van der Waals surface area contributed by atoms with Gasteiger partial charge < -0.3 is 9.47 Å². The van der Waals surface area contributed by atoms with Gasteiger partial charge in [0.1, 0.15) is 5.69 Å². The van der Waals surface area contributed by atoms with E-state index in [9.17, 15) is 25.0 Å². The zero-order valence-corrected chi connectivity index (χ0v) is 21.4. The lowest BCUT2D eigenvalue weighted by Crippen LogP contribution is -2.11. The monoisotopic (exact) mass is 578 g/mol. The first-order chi connectivity index (χ1) is 18.3. The molecule has 4 aromatic carbocycles. The molecule has 0 fully saturated rings. The number of carbonyl (C=O) groups is 1. The molecule has 0 aromatic heterocycles. The van der Waals surface area contributed by atoms with E-state index in [-0.39, 0.29) is 17.2 Å². The van der Waals surface area contributed by atoms with Gasteiger partial charge in [-0.1, -0.05) is 36.4 Å². The van der Waals surface area contributed by atoms with Crippen molar-refractivity contribution < 1.29 is 24.1 Å². The van der Waals surface area contributed by atoms with Gasteiger partial charge in [-0.25, -0.2) is 4.79 Å². The number of nitro benzene ring substituents is 2. The standard InChI is InChI=1S/C26H19BrN4O7/c1-2-37-24-13-16(15-28-29-22-11-10-18(30(33)34)14-23(22)31(35)36)12-21(27)25(24)38-26(32)20-9-5-7-17-6-3-4-8-19(17)20/h3-15,29H,2H2,1H3/b28-15-. The van der Waals surface area contributed by atoms with Gasteiger partial charge in [-0.3, -0.25) is 25.7 Å². The fourth-order valence-electron chi connectivity index (χ4n) is 3.63. The molecule has 0 saturated carbocycles. The lowest BCUT2D eigenvalue weighted by atomic mass is 10.0. The number of fused-ring (bicyclic) bond motifs is 1. The van der Waals surface area contributed by atoms with E-state index in [2.05, 4.69) is 26.5 Å². The number of benzene rings is 4. The van der Waals surface area contributed by atoms with Crippen molar-refractivity contribution in [3.05, 3.63) is 109 Å². The Hall–Kier alpha value is -4.84. The molecule has 38 heavy (non-hydrogen) atoms. The topological polar surface area (TPSA) is 146 Å². The average Bonchev–Trinajstić information content (AvgIpc) is 2.90. The molecule has 0 heterocycles. The average molecular weight is 579 g/mol. The number of carbonyl (C=O) groups excluding carboxylic acids is 1. The minimum Gasteiger partial charge on any atom is -0.490 e. The molecule has 0 aliphatic heterocycles. The summed E-state index contributed by atoms with van der Waals surface area (Å²) in [5.41, 5.74) is 2.51. The summed E-state index contributed by atoms with van der Waals surface area (Å²) >= 11 is 3.42. The van der Waals surface area contributed by atoms with Crippen LogP contribution in [0.5, 0.6) is 11.5 Å². The largest absolute Gasteiger partial charge is 0.490 e. The summed E-state index contributed by atoms with van der Waals surface area (Å²) in [6.07, 6.45) is 1.37. The van der Waals surface area contributed by atoms with E-state index in [0.29, 0.717) is 22.2 Å². The Morgan fingerprint density at radius 3 is 2.53 bits per heavy atom. The summed E-state index contributed by atoms with van der Waals surface area (Å²) in [5.74, 6) is -0.101. The number of nitrogens with zero attached hydrogens (tertiary/aromatic N) is 3. The Morgan fingerprint density at radius 1 is 1.03 bits per heavy atom. The van der Waals surface area contributed by atoms with Crippen LogP contribution in [0, 0.1) is 20.2 Å². The van der Waals surface area contributed by atoms with Gasteiger partial charge in [-0.2, -0.15) is 5.10 Å². The van der Waals surface area contributed by atoms with Crippen molar-refractivity contribution in [3.8, 4) is 11.5 Å². The number of rotatable bonds is 9. The predicted octanol–water partition coefficient (Wildman–Crippen LogP) is 6.48. The molecule has 0 saturated heterocycles. The van der Waals surface area contributed by atoms with Crippen LogP contribution in [0.25, 0.3) is 10.8 Å². The number of ether oxygens (including phenoxy) is 2. The first kappa shape index (κ1) is 26.2. The molecule has 0 spiro atoms. The highest BCUT2D eigenvalue weighted by atomic mass is 79.9.